The summed E-state index contributed by atoms with van der Waals surface area (Å²) in [5.74, 6) is 0. The quantitative estimate of drug-likeness (QED) is 0.746. The molecule has 1 aromatic carbocycles. The third-order valence-corrected chi connectivity index (χ3v) is 4.74. The molecule has 3 heterocycles. The lowest BCUT2D eigenvalue weighted by Crippen LogP contribution is -2.32. The van der Waals surface area contributed by atoms with Gasteiger partial charge in [-0.25, -0.2) is 9.97 Å². The van der Waals surface area contributed by atoms with Crippen molar-refractivity contribution < 1.29 is 0 Å². The summed E-state index contributed by atoms with van der Waals surface area (Å²) in [5, 5.41) is 8.26. The zero-order valence-corrected chi connectivity index (χ0v) is 11.8. The van der Waals surface area contributed by atoms with E-state index in [-0.39, 0.29) is 5.37 Å². The van der Waals surface area contributed by atoms with Crippen molar-refractivity contribution in [3.63, 3.8) is 0 Å². The molecule has 2 aromatic heterocycles. The van der Waals surface area contributed by atoms with E-state index in [9.17, 15) is 0 Å². The van der Waals surface area contributed by atoms with E-state index in [0.717, 1.165) is 5.56 Å². The lowest BCUT2D eigenvalue weighted by Gasteiger charge is -2.27. The van der Waals surface area contributed by atoms with Crippen molar-refractivity contribution >= 4 is 11.8 Å². The maximum Gasteiger partial charge on any atom is 0.290 e. The first-order chi connectivity index (χ1) is 10.4. The highest BCUT2D eigenvalue weighted by atomic mass is 32.2. The number of aromatic nitrogens is 4. The van der Waals surface area contributed by atoms with Crippen LogP contribution >= 0.6 is 11.8 Å². The average Bonchev–Trinajstić information content (AvgIpc) is 3.28. The highest BCUT2D eigenvalue weighted by Gasteiger charge is 2.43. The number of rotatable bonds is 3. The molecule has 7 heteroatoms. The van der Waals surface area contributed by atoms with Crippen LogP contribution in [0.4, 0.5) is 0 Å². The molecule has 0 aliphatic carbocycles. The van der Waals surface area contributed by atoms with Crippen LogP contribution in [0.5, 0.6) is 0 Å². The van der Waals surface area contributed by atoms with Gasteiger partial charge in [-0.15, -0.1) is 5.11 Å². The highest BCUT2D eigenvalue weighted by Crippen LogP contribution is 2.50. The molecule has 1 aliphatic heterocycles. The fraction of sp³-hybridized carbons (Fsp3) is 0.143. The maximum absolute atomic E-state index is 4.54. The summed E-state index contributed by atoms with van der Waals surface area (Å²) in [6, 6.07) is 10.2. The van der Waals surface area contributed by atoms with E-state index in [0.29, 0.717) is 0 Å². The summed E-state index contributed by atoms with van der Waals surface area (Å²) in [7, 11) is 0. The molecule has 0 saturated carbocycles. The number of benzene rings is 1. The van der Waals surface area contributed by atoms with Crippen LogP contribution in [0.3, 0.4) is 0 Å². The van der Waals surface area contributed by atoms with Crippen molar-refractivity contribution in [2.75, 3.05) is 0 Å². The molecule has 0 saturated heterocycles. The van der Waals surface area contributed by atoms with Crippen LogP contribution in [0.1, 0.15) is 10.9 Å². The van der Waals surface area contributed by atoms with Crippen molar-refractivity contribution in [1.29, 1.82) is 0 Å². The third kappa shape index (κ3) is 1.97. The van der Waals surface area contributed by atoms with Crippen LogP contribution < -0.4 is 0 Å². The van der Waals surface area contributed by atoms with Gasteiger partial charge in [-0.05, 0) is 5.56 Å². The summed E-state index contributed by atoms with van der Waals surface area (Å²) in [4.78, 5) is 8.27. The van der Waals surface area contributed by atoms with Crippen LogP contribution in [0.25, 0.3) is 0 Å². The lowest BCUT2D eigenvalue weighted by molar-refractivity contribution is 0.383. The molecule has 1 aliphatic rings. The number of imidazole rings is 2. The van der Waals surface area contributed by atoms with Gasteiger partial charge in [0.15, 0.2) is 0 Å². The Hall–Kier alpha value is -2.41. The summed E-state index contributed by atoms with van der Waals surface area (Å²) < 4.78 is 3.87. The molecule has 1 unspecified atom stereocenters. The standard InChI is InChI=1S/C14H12N6S/c1-2-4-12(5-3-1)13-17-18-14(21-13,19-8-6-15-10-19)20-9-7-16-11-20/h1-11,13H. The van der Waals surface area contributed by atoms with Crippen LogP contribution in [0.2, 0.25) is 0 Å². The van der Waals surface area contributed by atoms with E-state index in [4.69, 9.17) is 0 Å². The Morgan fingerprint density at radius 2 is 1.62 bits per heavy atom. The number of hydrogen-bond donors (Lipinski definition) is 0. The Bertz CT molecular complexity index is 701. The molecule has 0 N–H and O–H groups in total. The van der Waals surface area contributed by atoms with Gasteiger partial charge in [0.2, 0.25) is 0 Å². The second-order valence-corrected chi connectivity index (χ2v) is 5.84. The van der Waals surface area contributed by atoms with E-state index < -0.39 is 5.12 Å². The van der Waals surface area contributed by atoms with Crippen molar-refractivity contribution in [1.82, 2.24) is 19.1 Å². The van der Waals surface area contributed by atoms with Gasteiger partial charge in [0.1, 0.15) is 5.37 Å². The zero-order chi connectivity index (χ0) is 14.1. The molecule has 0 fully saturated rings. The minimum Gasteiger partial charge on any atom is -0.284 e. The van der Waals surface area contributed by atoms with E-state index >= 15 is 0 Å². The van der Waals surface area contributed by atoms with Gasteiger partial charge in [-0.3, -0.25) is 9.13 Å². The second kappa shape index (κ2) is 4.85. The molecule has 1 atom stereocenters. The molecule has 0 amide bonds. The van der Waals surface area contributed by atoms with Crippen molar-refractivity contribution in [3.05, 3.63) is 73.3 Å². The fourth-order valence-corrected chi connectivity index (χ4v) is 3.54. The predicted molar refractivity (Wildman–Crippen MR) is 79.5 cm³/mol. The molecule has 0 radical (unpaired) electrons. The van der Waals surface area contributed by atoms with Gasteiger partial charge in [-0.2, -0.15) is 5.11 Å². The van der Waals surface area contributed by atoms with E-state index in [1.54, 1.807) is 36.8 Å². The fourth-order valence-electron chi connectivity index (χ4n) is 2.30. The van der Waals surface area contributed by atoms with Crippen molar-refractivity contribution in [3.8, 4) is 0 Å². The summed E-state index contributed by atoms with van der Waals surface area (Å²) >= 11 is 1.64. The molecule has 3 aromatic rings. The van der Waals surface area contributed by atoms with Gasteiger partial charge in [-0.1, -0.05) is 42.1 Å². The Morgan fingerprint density at radius 3 is 2.19 bits per heavy atom. The minimum atomic E-state index is -0.701. The monoisotopic (exact) mass is 296 g/mol. The number of azo groups is 1. The predicted octanol–water partition coefficient (Wildman–Crippen LogP) is 3.09. The largest absolute Gasteiger partial charge is 0.290 e. The van der Waals surface area contributed by atoms with Crippen LogP contribution in [0, 0.1) is 0 Å². The smallest absolute Gasteiger partial charge is 0.284 e. The molecule has 6 nitrogen and oxygen atoms in total. The van der Waals surface area contributed by atoms with Crippen molar-refractivity contribution in [2.45, 2.75) is 10.5 Å². The van der Waals surface area contributed by atoms with Crippen LogP contribution in [-0.2, 0) is 5.12 Å². The van der Waals surface area contributed by atoms with Gasteiger partial charge in [0.25, 0.3) is 5.12 Å². The minimum absolute atomic E-state index is 0.0454. The molecule has 104 valence electrons. The molecule has 21 heavy (non-hydrogen) atoms. The highest BCUT2D eigenvalue weighted by molar-refractivity contribution is 8.00. The number of hydrogen-bond acceptors (Lipinski definition) is 5. The van der Waals surface area contributed by atoms with E-state index in [2.05, 4.69) is 32.3 Å². The van der Waals surface area contributed by atoms with E-state index in [1.807, 2.05) is 39.7 Å². The first kappa shape index (κ1) is 12.3. The number of nitrogens with zero attached hydrogens (tertiary/aromatic N) is 6. The van der Waals surface area contributed by atoms with Gasteiger partial charge < -0.3 is 0 Å². The molecular formula is C14H12N6S. The first-order valence-corrected chi connectivity index (χ1v) is 7.38. The Labute approximate surface area is 125 Å². The number of thioether (sulfide) groups is 1. The Balaban J connectivity index is 1.76. The molecule has 4 rings (SSSR count). The summed E-state index contributed by atoms with van der Waals surface area (Å²) in [5.41, 5.74) is 1.13. The van der Waals surface area contributed by atoms with Crippen molar-refractivity contribution in [2.24, 2.45) is 10.2 Å². The molecular weight excluding hydrogens is 284 g/mol. The van der Waals surface area contributed by atoms with Gasteiger partial charge >= 0.3 is 0 Å². The molecule has 0 bridgehead atoms. The molecule has 0 spiro atoms. The summed E-state index contributed by atoms with van der Waals surface area (Å²) in [6.07, 6.45) is 10.8. The third-order valence-electron chi connectivity index (χ3n) is 3.33. The summed E-state index contributed by atoms with van der Waals surface area (Å²) in [6.45, 7) is 0. The normalized spacial score (nSPS) is 19.9. The second-order valence-electron chi connectivity index (χ2n) is 4.61. The first-order valence-electron chi connectivity index (χ1n) is 6.50. The zero-order valence-electron chi connectivity index (χ0n) is 11.0. The maximum atomic E-state index is 4.54. The topological polar surface area (TPSA) is 60.4 Å². The van der Waals surface area contributed by atoms with Crippen LogP contribution in [-0.4, -0.2) is 19.1 Å². The lowest BCUT2D eigenvalue weighted by atomic mass is 10.2. The average molecular weight is 296 g/mol. The van der Waals surface area contributed by atoms with Gasteiger partial charge in [0, 0.05) is 24.8 Å². The van der Waals surface area contributed by atoms with Gasteiger partial charge in [0.05, 0.1) is 12.7 Å². The van der Waals surface area contributed by atoms with Crippen LogP contribution in [0.15, 0.2) is 78.0 Å². The van der Waals surface area contributed by atoms with E-state index in [1.165, 1.54) is 0 Å². The Kier molecular flexibility index (Phi) is 2.85. The SMILES string of the molecule is c1ccc(C2N=NC(n3ccnc3)(n3ccnc3)S2)cc1. The Morgan fingerprint density at radius 1 is 0.952 bits per heavy atom.